The van der Waals surface area contributed by atoms with E-state index in [-0.39, 0.29) is 0 Å². The van der Waals surface area contributed by atoms with E-state index in [1.165, 1.54) is 6.92 Å². The van der Waals surface area contributed by atoms with E-state index in [1.54, 1.807) is 0 Å². The number of allylic oxidation sites excluding steroid dienone is 2. The average Bonchev–Trinajstić information content (AvgIpc) is 1.84. The van der Waals surface area contributed by atoms with Crippen molar-refractivity contribution in [1.29, 1.82) is 0 Å². The van der Waals surface area contributed by atoms with Crippen LogP contribution in [0.25, 0.3) is 0 Å². The first kappa shape index (κ1) is 10.8. The van der Waals surface area contributed by atoms with Crippen LogP contribution < -0.4 is 0 Å². The van der Waals surface area contributed by atoms with Crippen molar-refractivity contribution >= 4 is 5.97 Å². The summed E-state index contributed by atoms with van der Waals surface area (Å²) < 4.78 is 24.6. The number of carbonyl (C=O) groups is 1. The third-order valence-corrected chi connectivity index (χ3v) is 1.13. The van der Waals surface area contributed by atoms with Gasteiger partial charge < -0.3 is 5.11 Å². The van der Waals surface area contributed by atoms with Gasteiger partial charge >= 0.3 is 5.97 Å². The summed E-state index contributed by atoms with van der Waals surface area (Å²) in [6, 6.07) is 0. The van der Waals surface area contributed by atoms with Gasteiger partial charge in [-0.15, -0.1) is 0 Å². The van der Waals surface area contributed by atoms with Gasteiger partial charge in [0.05, 0.1) is 5.57 Å². The summed E-state index contributed by atoms with van der Waals surface area (Å²) in [5.41, 5.74) is -0.514. The first-order chi connectivity index (χ1) is 5.45. The van der Waals surface area contributed by atoms with Crippen LogP contribution in [0.4, 0.5) is 8.78 Å². The molecule has 12 heavy (non-hydrogen) atoms. The number of carboxylic acid groups (broad SMARTS) is 1. The molecule has 0 amide bonds. The Labute approximate surface area is 69.2 Å². The highest BCUT2D eigenvalue weighted by Crippen LogP contribution is 2.08. The van der Waals surface area contributed by atoms with Crippen LogP contribution >= 0.6 is 0 Å². The summed E-state index contributed by atoms with van der Waals surface area (Å²) in [7, 11) is 0. The molecule has 0 saturated heterocycles. The Balaban J connectivity index is 4.59. The minimum Gasteiger partial charge on any atom is -0.478 e. The molecule has 0 aromatic carbocycles. The third-order valence-electron chi connectivity index (χ3n) is 1.13. The Morgan fingerprint density at radius 3 is 2.33 bits per heavy atom. The zero-order valence-corrected chi connectivity index (χ0v) is 6.84. The van der Waals surface area contributed by atoms with Crippen LogP contribution in [0.3, 0.4) is 0 Å². The summed E-state index contributed by atoms with van der Waals surface area (Å²) >= 11 is 0. The Hall–Kier alpha value is -1.19. The van der Waals surface area contributed by atoms with E-state index in [1.807, 2.05) is 0 Å². The molecule has 0 saturated carbocycles. The maximum atomic E-state index is 12.4. The van der Waals surface area contributed by atoms with Crippen LogP contribution in [-0.4, -0.2) is 17.2 Å². The lowest BCUT2D eigenvalue weighted by atomic mass is 10.2. The Morgan fingerprint density at radius 1 is 1.58 bits per heavy atom. The van der Waals surface area contributed by atoms with Crippen molar-refractivity contribution in [3.8, 4) is 0 Å². The van der Waals surface area contributed by atoms with Gasteiger partial charge in [0.25, 0.3) is 0 Å². The van der Waals surface area contributed by atoms with Crippen molar-refractivity contribution in [3.63, 3.8) is 0 Å². The zero-order valence-electron chi connectivity index (χ0n) is 6.84. The van der Waals surface area contributed by atoms with E-state index >= 15 is 0 Å². The van der Waals surface area contributed by atoms with Crippen LogP contribution in [-0.2, 0) is 4.79 Å². The van der Waals surface area contributed by atoms with Crippen molar-refractivity contribution in [2.45, 2.75) is 20.0 Å². The van der Waals surface area contributed by atoms with Crippen molar-refractivity contribution in [3.05, 3.63) is 23.6 Å². The molecular weight excluding hydrogens is 166 g/mol. The summed E-state index contributed by atoms with van der Waals surface area (Å²) in [5, 5.41) is 8.38. The Morgan fingerprint density at radius 2 is 2.08 bits per heavy atom. The molecule has 0 aromatic rings. The fraction of sp³-hybridized carbons (Fsp3) is 0.375. The van der Waals surface area contributed by atoms with Crippen LogP contribution in [0.1, 0.15) is 13.8 Å². The molecule has 0 heterocycles. The monoisotopic (exact) mass is 176 g/mol. The average molecular weight is 176 g/mol. The van der Waals surface area contributed by atoms with E-state index in [0.717, 1.165) is 19.1 Å². The molecule has 0 bridgehead atoms. The van der Waals surface area contributed by atoms with Gasteiger partial charge in [0.2, 0.25) is 0 Å². The Bertz CT molecular complexity index is 225. The van der Waals surface area contributed by atoms with Gasteiger partial charge in [-0.2, -0.15) is 0 Å². The number of halogens is 2. The Kier molecular flexibility index (Phi) is 4.18. The molecule has 1 atom stereocenters. The van der Waals surface area contributed by atoms with Crippen LogP contribution in [0.5, 0.6) is 0 Å². The summed E-state index contributed by atoms with van der Waals surface area (Å²) in [5.74, 6) is -2.23. The third kappa shape index (κ3) is 3.85. The molecular formula is C8H10F2O2. The number of alkyl halides is 1. The lowest BCUT2D eigenvalue weighted by Crippen LogP contribution is -2.00. The van der Waals surface area contributed by atoms with E-state index in [2.05, 4.69) is 0 Å². The quantitative estimate of drug-likeness (QED) is 0.528. The highest BCUT2D eigenvalue weighted by molar-refractivity contribution is 5.90. The standard InChI is InChI=1S/C8H10F2O2/c1-5(9)3-4-7(6(2)10)8(11)12/h3-5H,1-2H3,(H,11,12)/b4-3-,7-6-. The van der Waals surface area contributed by atoms with Crippen molar-refractivity contribution in [2.75, 3.05) is 0 Å². The summed E-state index contributed by atoms with van der Waals surface area (Å²) in [6.45, 7) is 2.24. The van der Waals surface area contributed by atoms with Gasteiger partial charge in [-0.05, 0) is 19.9 Å². The van der Waals surface area contributed by atoms with Gasteiger partial charge in [-0.3, -0.25) is 0 Å². The van der Waals surface area contributed by atoms with Gasteiger partial charge in [-0.1, -0.05) is 6.08 Å². The van der Waals surface area contributed by atoms with Gasteiger partial charge in [0.1, 0.15) is 12.0 Å². The van der Waals surface area contributed by atoms with Gasteiger partial charge in [-0.25, -0.2) is 13.6 Å². The van der Waals surface area contributed by atoms with Gasteiger partial charge in [0.15, 0.2) is 0 Å². The molecule has 0 aliphatic heterocycles. The molecule has 2 nitrogen and oxygen atoms in total. The predicted molar refractivity (Wildman–Crippen MR) is 41.2 cm³/mol. The highest BCUT2D eigenvalue weighted by Gasteiger charge is 2.07. The fourth-order valence-corrected chi connectivity index (χ4v) is 0.562. The molecule has 0 aliphatic rings. The SMILES string of the molecule is C/C(F)=C(\C=C/C(C)F)C(=O)O. The number of rotatable bonds is 3. The molecule has 1 unspecified atom stereocenters. The second-order valence-electron chi connectivity index (χ2n) is 2.29. The number of aliphatic carboxylic acids is 1. The fourth-order valence-electron chi connectivity index (χ4n) is 0.562. The van der Waals surface area contributed by atoms with E-state index in [0.29, 0.717) is 0 Å². The number of carboxylic acids is 1. The smallest absolute Gasteiger partial charge is 0.338 e. The molecule has 0 radical (unpaired) electrons. The molecule has 0 aromatic heterocycles. The van der Waals surface area contributed by atoms with E-state index in [9.17, 15) is 13.6 Å². The summed E-state index contributed by atoms with van der Waals surface area (Å²) in [4.78, 5) is 10.3. The van der Waals surface area contributed by atoms with Crippen molar-refractivity contribution < 1.29 is 18.7 Å². The lowest BCUT2D eigenvalue weighted by molar-refractivity contribution is -0.132. The summed E-state index contributed by atoms with van der Waals surface area (Å²) in [6.07, 6.45) is 0.619. The van der Waals surface area contributed by atoms with E-state index < -0.39 is 23.5 Å². The predicted octanol–water partition coefficient (Wildman–Crippen LogP) is 2.23. The highest BCUT2D eigenvalue weighted by atomic mass is 19.1. The first-order valence-electron chi connectivity index (χ1n) is 3.37. The van der Waals surface area contributed by atoms with Crippen molar-refractivity contribution in [2.24, 2.45) is 0 Å². The number of hydrogen-bond acceptors (Lipinski definition) is 1. The largest absolute Gasteiger partial charge is 0.478 e. The second-order valence-corrected chi connectivity index (χ2v) is 2.29. The molecule has 4 heteroatoms. The molecule has 68 valence electrons. The van der Waals surface area contributed by atoms with Gasteiger partial charge in [0, 0.05) is 0 Å². The molecule has 0 aliphatic carbocycles. The minimum absolute atomic E-state index is 0.514. The minimum atomic E-state index is -1.40. The van der Waals surface area contributed by atoms with Crippen LogP contribution in [0.2, 0.25) is 0 Å². The second kappa shape index (κ2) is 4.64. The van der Waals surface area contributed by atoms with Crippen LogP contribution in [0.15, 0.2) is 23.6 Å². The van der Waals surface area contributed by atoms with E-state index in [4.69, 9.17) is 5.11 Å². The lowest BCUT2D eigenvalue weighted by Gasteiger charge is -1.95. The molecule has 0 rings (SSSR count). The maximum Gasteiger partial charge on any atom is 0.338 e. The first-order valence-corrected chi connectivity index (χ1v) is 3.37. The zero-order chi connectivity index (χ0) is 9.72. The van der Waals surface area contributed by atoms with Crippen LogP contribution in [0, 0.1) is 0 Å². The number of hydrogen-bond donors (Lipinski definition) is 1. The molecule has 0 spiro atoms. The molecule has 0 fully saturated rings. The van der Waals surface area contributed by atoms with Crippen molar-refractivity contribution in [1.82, 2.24) is 0 Å². The maximum absolute atomic E-state index is 12.4. The molecule has 1 N–H and O–H groups in total. The topological polar surface area (TPSA) is 37.3 Å². The normalized spacial score (nSPS) is 16.0.